The first-order valence-corrected chi connectivity index (χ1v) is 8.01. The van der Waals surface area contributed by atoms with Crippen LogP contribution in [0, 0.1) is 0 Å². The fourth-order valence-corrected chi connectivity index (χ4v) is 3.23. The predicted molar refractivity (Wildman–Crippen MR) is 88.0 cm³/mol. The Morgan fingerprint density at radius 1 is 1.27 bits per heavy atom. The van der Waals surface area contributed by atoms with Crippen molar-refractivity contribution in [2.45, 2.75) is 44.6 Å². The number of anilines is 1. The van der Waals surface area contributed by atoms with Crippen molar-refractivity contribution in [2.24, 2.45) is 0 Å². The van der Waals surface area contributed by atoms with Gasteiger partial charge in [-0.15, -0.1) is 0 Å². The maximum atomic E-state index is 4.68. The molecule has 6 heteroatoms. The third-order valence-corrected chi connectivity index (χ3v) is 4.58. The highest BCUT2D eigenvalue weighted by atomic mass is 15.1. The Labute approximate surface area is 131 Å². The lowest BCUT2D eigenvalue weighted by Gasteiger charge is -2.13. The van der Waals surface area contributed by atoms with Crippen molar-refractivity contribution in [2.75, 3.05) is 19.4 Å². The predicted octanol–water partition coefficient (Wildman–Crippen LogP) is 2.33. The van der Waals surface area contributed by atoms with Gasteiger partial charge in [0.2, 0.25) is 5.95 Å². The van der Waals surface area contributed by atoms with Gasteiger partial charge in [-0.25, -0.2) is 9.97 Å². The molecule has 0 bridgehead atoms. The number of nitrogens with zero attached hydrogens (tertiary/aromatic N) is 3. The third kappa shape index (κ3) is 2.83. The molecular formula is C16H24N6. The number of hydrogen-bond acceptors (Lipinski definition) is 5. The van der Waals surface area contributed by atoms with Gasteiger partial charge >= 0.3 is 0 Å². The zero-order valence-electron chi connectivity index (χ0n) is 13.5. The van der Waals surface area contributed by atoms with Crippen LogP contribution in [0.5, 0.6) is 0 Å². The Morgan fingerprint density at radius 2 is 2.14 bits per heavy atom. The first kappa shape index (κ1) is 15.0. The average Bonchev–Trinajstić information content (AvgIpc) is 3.22. The zero-order valence-corrected chi connectivity index (χ0v) is 13.5. The van der Waals surface area contributed by atoms with E-state index in [2.05, 4.69) is 43.8 Å². The second-order valence-corrected chi connectivity index (χ2v) is 5.87. The van der Waals surface area contributed by atoms with Gasteiger partial charge < -0.3 is 10.6 Å². The van der Waals surface area contributed by atoms with E-state index >= 15 is 0 Å². The van der Waals surface area contributed by atoms with Crippen molar-refractivity contribution in [3.63, 3.8) is 0 Å². The molecule has 3 N–H and O–H groups in total. The molecule has 1 saturated carbocycles. The summed E-state index contributed by atoms with van der Waals surface area (Å²) in [4.78, 5) is 9.29. The average molecular weight is 300 g/mol. The monoisotopic (exact) mass is 300 g/mol. The zero-order chi connectivity index (χ0) is 15.5. The summed E-state index contributed by atoms with van der Waals surface area (Å²) in [6, 6.07) is 2.72. The smallest absolute Gasteiger partial charge is 0.223 e. The molecule has 22 heavy (non-hydrogen) atoms. The van der Waals surface area contributed by atoms with Gasteiger partial charge in [0.15, 0.2) is 0 Å². The first-order valence-electron chi connectivity index (χ1n) is 8.01. The fraction of sp³-hybridized carbons (Fsp3) is 0.562. The van der Waals surface area contributed by atoms with Crippen LogP contribution in [0.2, 0.25) is 0 Å². The van der Waals surface area contributed by atoms with E-state index in [9.17, 15) is 0 Å². The Hall–Kier alpha value is -1.95. The lowest BCUT2D eigenvalue weighted by atomic mass is 10.0. The van der Waals surface area contributed by atoms with Crippen LogP contribution in [0.4, 0.5) is 5.95 Å². The SMILES string of the molecule is CCc1cn[nH]c1-c1cc(C2CC[C@@H](NC)C2)nc(NC)n1. The van der Waals surface area contributed by atoms with Gasteiger partial charge in [0, 0.05) is 24.7 Å². The number of H-pyrrole nitrogens is 1. The van der Waals surface area contributed by atoms with Crippen molar-refractivity contribution in [1.82, 2.24) is 25.5 Å². The van der Waals surface area contributed by atoms with Crippen molar-refractivity contribution in [3.05, 3.63) is 23.5 Å². The molecule has 1 fully saturated rings. The molecule has 6 nitrogen and oxygen atoms in total. The van der Waals surface area contributed by atoms with Gasteiger partial charge in [-0.1, -0.05) is 6.92 Å². The summed E-state index contributed by atoms with van der Waals surface area (Å²) in [5, 5.41) is 13.7. The summed E-state index contributed by atoms with van der Waals surface area (Å²) in [5.74, 6) is 1.18. The number of aromatic nitrogens is 4. The quantitative estimate of drug-likeness (QED) is 0.790. The molecule has 0 amide bonds. The molecule has 0 radical (unpaired) electrons. The lowest BCUT2D eigenvalue weighted by molar-refractivity contribution is 0.569. The van der Waals surface area contributed by atoms with Crippen LogP contribution in [-0.2, 0) is 6.42 Å². The Morgan fingerprint density at radius 3 is 2.82 bits per heavy atom. The molecule has 0 spiro atoms. The van der Waals surface area contributed by atoms with E-state index in [4.69, 9.17) is 0 Å². The van der Waals surface area contributed by atoms with Gasteiger partial charge in [-0.05, 0) is 44.4 Å². The summed E-state index contributed by atoms with van der Waals surface area (Å²) in [6.07, 6.45) is 6.34. The third-order valence-electron chi connectivity index (χ3n) is 4.58. The van der Waals surface area contributed by atoms with E-state index < -0.39 is 0 Å². The molecular weight excluding hydrogens is 276 g/mol. The summed E-state index contributed by atoms with van der Waals surface area (Å²) in [5.41, 5.74) is 4.25. The van der Waals surface area contributed by atoms with Crippen molar-refractivity contribution >= 4 is 5.95 Å². The van der Waals surface area contributed by atoms with Crippen molar-refractivity contribution in [1.29, 1.82) is 0 Å². The maximum Gasteiger partial charge on any atom is 0.223 e. The molecule has 2 aromatic rings. The fourth-order valence-electron chi connectivity index (χ4n) is 3.23. The van der Waals surface area contributed by atoms with Crippen LogP contribution in [0.25, 0.3) is 11.4 Å². The maximum absolute atomic E-state index is 4.68. The van der Waals surface area contributed by atoms with Gasteiger partial charge in [0.25, 0.3) is 0 Å². The molecule has 0 saturated heterocycles. The van der Waals surface area contributed by atoms with Crippen LogP contribution in [0.1, 0.15) is 43.4 Å². The molecule has 0 aromatic carbocycles. The topological polar surface area (TPSA) is 78.5 Å². The lowest BCUT2D eigenvalue weighted by Crippen LogP contribution is -2.21. The van der Waals surface area contributed by atoms with Crippen LogP contribution in [-0.4, -0.2) is 40.3 Å². The van der Waals surface area contributed by atoms with E-state index in [-0.39, 0.29) is 0 Å². The number of aromatic amines is 1. The van der Waals surface area contributed by atoms with Crippen LogP contribution >= 0.6 is 0 Å². The summed E-state index contributed by atoms with van der Waals surface area (Å²) in [7, 11) is 3.90. The molecule has 1 aliphatic carbocycles. The van der Waals surface area contributed by atoms with E-state index in [1.54, 1.807) is 0 Å². The van der Waals surface area contributed by atoms with E-state index in [1.807, 2.05) is 20.3 Å². The second-order valence-electron chi connectivity index (χ2n) is 5.87. The molecule has 2 atom stereocenters. The molecule has 0 aliphatic heterocycles. The minimum Gasteiger partial charge on any atom is -0.357 e. The number of rotatable bonds is 5. The Bertz CT molecular complexity index is 635. The molecule has 2 heterocycles. The van der Waals surface area contributed by atoms with Crippen molar-refractivity contribution < 1.29 is 0 Å². The standard InChI is InChI=1S/C16H24N6/c1-4-10-9-19-22-15(10)14-8-13(20-16(18-3)21-14)11-5-6-12(7-11)17-2/h8-9,11-12,17H,4-7H2,1-3H3,(H,19,22)(H,18,20,21)/t11?,12-/m1/s1. The molecule has 1 unspecified atom stereocenters. The number of nitrogens with one attached hydrogen (secondary N) is 3. The Balaban J connectivity index is 1.96. The second kappa shape index (κ2) is 6.44. The van der Waals surface area contributed by atoms with Crippen LogP contribution < -0.4 is 10.6 Å². The molecule has 3 rings (SSSR count). The van der Waals surface area contributed by atoms with E-state index in [0.29, 0.717) is 17.9 Å². The molecule has 2 aromatic heterocycles. The van der Waals surface area contributed by atoms with E-state index in [0.717, 1.165) is 29.9 Å². The molecule has 1 aliphatic rings. The highest BCUT2D eigenvalue weighted by Gasteiger charge is 2.27. The van der Waals surface area contributed by atoms with Gasteiger partial charge in [0.1, 0.15) is 0 Å². The van der Waals surface area contributed by atoms with Gasteiger partial charge in [0.05, 0.1) is 17.6 Å². The largest absolute Gasteiger partial charge is 0.357 e. The molecule has 118 valence electrons. The summed E-state index contributed by atoms with van der Waals surface area (Å²) < 4.78 is 0. The highest BCUT2D eigenvalue weighted by Crippen LogP contribution is 2.35. The summed E-state index contributed by atoms with van der Waals surface area (Å²) in [6.45, 7) is 2.13. The van der Waals surface area contributed by atoms with Gasteiger partial charge in [-0.2, -0.15) is 5.10 Å². The normalized spacial score (nSPS) is 21.2. The number of hydrogen-bond donors (Lipinski definition) is 3. The van der Waals surface area contributed by atoms with E-state index in [1.165, 1.54) is 18.4 Å². The minimum absolute atomic E-state index is 0.499. The first-order chi connectivity index (χ1) is 10.7. The minimum atomic E-state index is 0.499. The van der Waals surface area contributed by atoms with Crippen molar-refractivity contribution in [3.8, 4) is 11.4 Å². The summed E-state index contributed by atoms with van der Waals surface area (Å²) >= 11 is 0. The van der Waals surface area contributed by atoms with Gasteiger partial charge in [-0.3, -0.25) is 5.10 Å². The van der Waals surface area contributed by atoms with Crippen LogP contribution in [0.15, 0.2) is 12.3 Å². The number of aryl methyl sites for hydroxylation is 1. The highest BCUT2D eigenvalue weighted by molar-refractivity contribution is 5.60. The van der Waals surface area contributed by atoms with Crippen LogP contribution in [0.3, 0.4) is 0 Å². The Kier molecular flexibility index (Phi) is 4.38.